The highest BCUT2D eigenvalue weighted by Crippen LogP contribution is 2.28. The molecule has 2 rings (SSSR count). The number of hydrogen-bond acceptors (Lipinski definition) is 2. The standard InChI is InChI=1S/C13H19NO/c1-15-13-6-2-4-12(10-13)11-5-3-8-14-9-7-11/h2,4,6,10-11,14H,3,5,7-9H2,1H3. The summed E-state index contributed by atoms with van der Waals surface area (Å²) in [7, 11) is 1.73. The summed E-state index contributed by atoms with van der Waals surface area (Å²) in [5.41, 5.74) is 1.43. The van der Waals surface area contributed by atoms with Crippen molar-refractivity contribution >= 4 is 0 Å². The van der Waals surface area contributed by atoms with Crippen molar-refractivity contribution < 1.29 is 4.74 Å². The summed E-state index contributed by atoms with van der Waals surface area (Å²) in [4.78, 5) is 0. The lowest BCUT2D eigenvalue weighted by molar-refractivity contribution is 0.413. The van der Waals surface area contributed by atoms with Crippen LogP contribution < -0.4 is 10.1 Å². The molecule has 0 aromatic heterocycles. The topological polar surface area (TPSA) is 21.3 Å². The minimum absolute atomic E-state index is 0.704. The Hall–Kier alpha value is -1.02. The van der Waals surface area contributed by atoms with Gasteiger partial charge in [0.25, 0.3) is 0 Å². The quantitative estimate of drug-likeness (QED) is 0.801. The first kappa shape index (κ1) is 10.5. The Kier molecular flexibility index (Phi) is 3.62. The Morgan fingerprint density at radius 3 is 3.07 bits per heavy atom. The summed E-state index contributed by atoms with van der Waals surface area (Å²) in [6.07, 6.45) is 3.81. The van der Waals surface area contributed by atoms with E-state index in [1.54, 1.807) is 7.11 Å². The molecule has 0 bridgehead atoms. The maximum absolute atomic E-state index is 5.26. The molecular weight excluding hydrogens is 186 g/mol. The van der Waals surface area contributed by atoms with E-state index < -0.39 is 0 Å². The van der Waals surface area contributed by atoms with Gasteiger partial charge in [0.15, 0.2) is 0 Å². The Bertz CT molecular complexity index is 303. The molecule has 1 aromatic carbocycles. The molecule has 1 aliphatic heterocycles. The van der Waals surface area contributed by atoms with Crippen molar-refractivity contribution in [1.29, 1.82) is 0 Å². The highest BCUT2D eigenvalue weighted by molar-refractivity contribution is 5.30. The molecule has 15 heavy (non-hydrogen) atoms. The van der Waals surface area contributed by atoms with Crippen LogP contribution >= 0.6 is 0 Å². The zero-order chi connectivity index (χ0) is 10.5. The molecule has 0 amide bonds. The first-order valence-electron chi connectivity index (χ1n) is 5.75. The Morgan fingerprint density at radius 2 is 2.20 bits per heavy atom. The Morgan fingerprint density at radius 1 is 1.27 bits per heavy atom. The minimum Gasteiger partial charge on any atom is -0.497 e. The van der Waals surface area contributed by atoms with Crippen LogP contribution in [0.3, 0.4) is 0 Å². The van der Waals surface area contributed by atoms with E-state index in [9.17, 15) is 0 Å². The number of rotatable bonds is 2. The van der Waals surface area contributed by atoms with E-state index in [0.717, 1.165) is 12.3 Å². The summed E-state index contributed by atoms with van der Waals surface area (Å²) in [6, 6.07) is 8.50. The van der Waals surface area contributed by atoms with Crippen molar-refractivity contribution in [3.63, 3.8) is 0 Å². The van der Waals surface area contributed by atoms with E-state index in [4.69, 9.17) is 4.74 Å². The van der Waals surface area contributed by atoms with Crippen LogP contribution in [0.15, 0.2) is 24.3 Å². The lowest BCUT2D eigenvalue weighted by Crippen LogP contribution is -2.13. The van der Waals surface area contributed by atoms with Crippen molar-refractivity contribution in [3.05, 3.63) is 29.8 Å². The predicted octanol–water partition coefficient (Wildman–Crippen LogP) is 2.55. The van der Waals surface area contributed by atoms with Gasteiger partial charge in [0, 0.05) is 0 Å². The van der Waals surface area contributed by atoms with Gasteiger partial charge in [-0.15, -0.1) is 0 Å². The van der Waals surface area contributed by atoms with E-state index >= 15 is 0 Å². The van der Waals surface area contributed by atoms with Gasteiger partial charge in [-0.25, -0.2) is 0 Å². The molecule has 0 aliphatic carbocycles. The third kappa shape index (κ3) is 2.72. The average Bonchev–Trinajstić information content (AvgIpc) is 2.58. The summed E-state index contributed by atoms with van der Waals surface area (Å²) in [5, 5.41) is 3.44. The monoisotopic (exact) mass is 205 g/mol. The summed E-state index contributed by atoms with van der Waals surface area (Å²) in [5.74, 6) is 1.68. The van der Waals surface area contributed by atoms with Crippen LogP contribution in [0.4, 0.5) is 0 Å². The SMILES string of the molecule is COc1cccc(C2CCCNCC2)c1. The maximum atomic E-state index is 5.26. The van der Waals surface area contributed by atoms with Crippen LogP contribution in [0, 0.1) is 0 Å². The molecule has 1 fully saturated rings. The number of methoxy groups -OCH3 is 1. The van der Waals surface area contributed by atoms with Crippen molar-refractivity contribution in [2.75, 3.05) is 20.2 Å². The number of ether oxygens (including phenoxy) is 1. The highest BCUT2D eigenvalue weighted by atomic mass is 16.5. The molecule has 0 spiro atoms. The molecule has 1 aliphatic rings. The van der Waals surface area contributed by atoms with Crippen molar-refractivity contribution in [3.8, 4) is 5.75 Å². The lowest BCUT2D eigenvalue weighted by atomic mass is 9.92. The van der Waals surface area contributed by atoms with E-state index in [2.05, 4.69) is 23.5 Å². The zero-order valence-corrected chi connectivity index (χ0v) is 9.33. The molecule has 1 atom stereocenters. The van der Waals surface area contributed by atoms with Gasteiger partial charge in [0.2, 0.25) is 0 Å². The van der Waals surface area contributed by atoms with Gasteiger partial charge in [-0.2, -0.15) is 0 Å². The van der Waals surface area contributed by atoms with Crippen molar-refractivity contribution in [1.82, 2.24) is 5.32 Å². The fraction of sp³-hybridized carbons (Fsp3) is 0.538. The van der Waals surface area contributed by atoms with Gasteiger partial charge in [-0.3, -0.25) is 0 Å². The van der Waals surface area contributed by atoms with Crippen LogP contribution in [0.1, 0.15) is 30.7 Å². The molecule has 1 unspecified atom stereocenters. The fourth-order valence-corrected chi connectivity index (χ4v) is 2.25. The van der Waals surface area contributed by atoms with Gasteiger partial charge in [-0.1, -0.05) is 12.1 Å². The number of nitrogens with one attached hydrogen (secondary N) is 1. The summed E-state index contributed by atoms with van der Waals surface area (Å²) < 4.78 is 5.26. The van der Waals surface area contributed by atoms with Gasteiger partial charge in [0.05, 0.1) is 7.11 Å². The maximum Gasteiger partial charge on any atom is 0.119 e. The molecule has 1 aromatic rings. The van der Waals surface area contributed by atoms with Gasteiger partial charge < -0.3 is 10.1 Å². The number of hydrogen-bond donors (Lipinski definition) is 1. The average molecular weight is 205 g/mol. The largest absolute Gasteiger partial charge is 0.497 e. The fourth-order valence-electron chi connectivity index (χ4n) is 2.25. The second-order valence-electron chi connectivity index (χ2n) is 4.15. The lowest BCUT2D eigenvalue weighted by Gasteiger charge is -2.14. The third-order valence-corrected chi connectivity index (χ3v) is 3.14. The third-order valence-electron chi connectivity index (χ3n) is 3.14. The highest BCUT2D eigenvalue weighted by Gasteiger charge is 2.14. The number of benzene rings is 1. The van der Waals surface area contributed by atoms with E-state index in [1.165, 1.54) is 31.4 Å². The van der Waals surface area contributed by atoms with Crippen LogP contribution in [0.25, 0.3) is 0 Å². The molecule has 0 saturated carbocycles. The van der Waals surface area contributed by atoms with E-state index in [1.807, 2.05) is 6.07 Å². The molecular formula is C13H19NO. The van der Waals surface area contributed by atoms with Crippen LogP contribution in [-0.2, 0) is 0 Å². The van der Waals surface area contributed by atoms with Crippen molar-refractivity contribution in [2.45, 2.75) is 25.2 Å². The molecule has 0 radical (unpaired) electrons. The van der Waals surface area contributed by atoms with E-state index in [0.29, 0.717) is 5.92 Å². The molecule has 1 saturated heterocycles. The van der Waals surface area contributed by atoms with Crippen molar-refractivity contribution in [2.24, 2.45) is 0 Å². The minimum atomic E-state index is 0.704. The summed E-state index contributed by atoms with van der Waals surface area (Å²) in [6.45, 7) is 2.31. The second-order valence-corrected chi connectivity index (χ2v) is 4.15. The van der Waals surface area contributed by atoms with Gasteiger partial charge >= 0.3 is 0 Å². The smallest absolute Gasteiger partial charge is 0.119 e. The zero-order valence-electron chi connectivity index (χ0n) is 9.33. The van der Waals surface area contributed by atoms with Crippen LogP contribution in [0.2, 0.25) is 0 Å². The molecule has 1 N–H and O–H groups in total. The van der Waals surface area contributed by atoms with Gasteiger partial charge in [-0.05, 0) is 56.0 Å². The van der Waals surface area contributed by atoms with E-state index in [-0.39, 0.29) is 0 Å². The first-order chi connectivity index (χ1) is 7.40. The molecule has 1 heterocycles. The van der Waals surface area contributed by atoms with Crippen LogP contribution in [-0.4, -0.2) is 20.2 Å². The second kappa shape index (κ2) is 5.17. The van der Waals surface area contributed by atoms with Crippen LogP contribution in [0.5, 0.6) is 5.75 Å². The predicted molar refractivity (Wildman–Crippen MR) is 62.5 cm³/mol. The first-order valence-corrected chi connectivity index (χ1v) is 5.75. The Labute approximate surface area is 91.6 Å². The molecule has 2 heteroatoms. The Balaban J connectivity index is 2.12. The molecule has 82 valence electrons. The normalized spacial score (nSPS) is 22.1. The van der Waals surface area contributed by atoms with Gasteiger partial charge in [0.1, 0.15) is 5.75 Å². The molecule has 2 nitrogen and oxygen atoms in total. The summed E-state index contributed by atoms with van der Waals surface area (Å²) >= 11 is 0.